The highest BCUT2D eigenvalue weighted by Crippen LogP contribution is 2.23. The van der Waals surface area contributed by atoms with E-state index in [9.17, 15) is 14.0 Å². The van der Waals surface area contributed by atoms with Gasteiger partial charge in [-0.05, 0) is 38.2 Å². The third-order valence-corrected chi connectivity index (χ3v) is 4.74. The van der Waals surface area contributed by atoms with Gasteiger partial charge in [-0.1, -0.05) is 0 Å². The molecule has 2 aliphatic rings. The lowest BCUT2D eigenvalue weighted by Crippen LogP contribution is -2.45. The summed E-state index contributed by atoms with van der Waals surface area (Å²) in [6.07, 6.45) is 7.88. The van der Waals surface area contributed by atoms with Crippen LogP contribution < -0.4 is 0 Å². The first-order valence-corrected chi connectivity index (χ1v) is 8.34. The van der Waals surface area contributed by atoms with E-state index in [4.69, 9.17) is 0 Å². The van der Waals surface area contributed by atoms with E-state index >= 15 is 0 Å². The van der Waals surface area contributed by atoms with Crippen molar-refractivity contribution in [1.29, 1.82) is 0 Å². The van der Waals surface area contributed by atoms with Crippen molar-refractivity contribution in [2.24, 2.45) is 0 Å². The number of nitrogens with zero attached hydrogens (tertiary/aromatic N) is 3. The van der Waals surface area contributed by atoms with Crippen molar-refractivity contribution >= 4 is 11.8 Å². The molecule has 0 aromatic carbocycles. The molecule has 0 N–H and O–H groups in total. The third-order valence-electron chi connectivity index (χ3n) is 4.74. The molecule has 0 saturated carbocycles. The predicted molar refractivity (Wildman–Crippen MR) is 83.3 cm³/mol. The molecule has 0 unspecified atom stereocenters. The molecule has 0 spiro atoms. The van der Waals surface area contributed by atoms with E-state index in [1.165, 1.54) is 12.3 Å². The van der Waals surface area contributed by atoms with Gasteiger partial charge in [-0.2, -0.15) is 0 Å². The molecule has 5 nitrogen and oxygen atoms in total. The molecule has 6 heteroatoms. The normalized spacial score (nSPS) is 21.8. The highest BCUT2D eigenvalue weighted by atomic mass is 19.1. The van der Waals surface area contributed by atoms with Gasteiger partial charge in [-0.15, -0.1) is 0 Å². The Kier molecular flexibility index (Phi) is 4.88. The van der Waals surface area contributed by atoms with Gasteiger partial charge in [0, 0.05) is 38.3 Å². The topological polar surface area (TPSA) is 53.5 Å². The van der Waals surface area contributed by atoms with Crippen LogP contribution in [0.3, 0.4) is 0 Å². The summed E-state index contributed by atoms with van der Waals surface area (Å²) in [4.78, 5) is 31.9. The molecule has 2 fully saturated rings. The van der Waals surface area contributed by atoms with Crippen LogP contribution in [0.25, 0.3) is 0 Å². The van der Waals surface area contributed by atoms with Crippen LogP contribution in [0.4, 0.5) is 4.39 Å². The molecule has 3 heterocycles. The second kappa shape index (κ2) is 7.06. The summed E-state index contributed by atoms with van der Waals surface area (Å²) in [5, 5.41) is 0. The van der Waals surface area contributed by atoms with Gasteiger partial charge in [-0.3, -0.25) is 14.6 Å². The molecule has 23 heavy (non-hydrogen) atoms. The third kappa shape index (κ3) is 3.68. The highest BCUT2D eigenvalue weighted by molar-refractivity contribution is 5.94. The lowest BCUT2D eigenvalue weighted by atomic mass is 9.98. The van der Waals surface area contributed by atoms with E-state index in [1.54, 1.807) is 0 Å². The fraction of sp³-hybridized carbons (Fsp3) is 0.588. The van der Waals surface area contributed by atoms with Crippen molar-refractivity contribution in [3.8, 4) is 0 Å². The maximum absolute atomic E-state index is 13.3. The van der Waals surface area contributed by atoms with E-state index in [0.717, 1.165) is 44.8 Å². The first-order valence-electron chi connectivity index (χ1n) is 8.34. The van der Waals surface area contributed by atoms with E-state index < -0.39 is 5.82 Å². The van der Waals surface area contributed by atoms with Crippen molar-refractivity contribution in [2.75, 3.05) is 19.6 Å². The number of carbonyl (C=O) groups excluding carboxylic acids is 2. The molecule has 2 aliphatic heterocycles. The quantitative estimate of drug-likeness (QED) is 0.855. The van der Waals surface area contributed by atoms with E-state index in [2.05, 4.69) is 4.98 Å². The number of rotatable bonds is 4. The Labute approximate surface area is 135 Å². The van der Waals surface area contributed by atoms with Crippen LogP contribution >= 0.6 is 0 Å². The molecule has 124 valence electrons. The molecule has 0 aliphatic carbocycles. The molecule has 1 aromatic rings. The Balaban J connectivity index is 1.66. The summed E-state index contributed by atoms with van der Waals surface area (Å²) in [7, 11) is 0. The van der Waals surface area contributed by atoms with Crippen molar-refractivity contribution in [3.05, 3.63) is 29.8 Å². The van der Waals surface area contributed by atoms with Gasteiger partial charge in [-0.25, -0.2) is 4.39 Å². The molecular weight excluding hydrogens is 297 g/mol. The first-order chi connectivity index (χ1) is 11.1. The zero-order chi connectivity index (χ0) is 16.2. The number of hydrogen-bond donors (Lipinski definition) is 0. The summed E-state index contributed by atoms with van der Waals surface area (Å²) < 4.78 is 13.3. The molecule has 1 atom stereocenters. The SMILES string of the molecule is O=C1CCCN1CC[C@@H]1CCCCN1C(=O)c1cncc(F)c1. The predicted octanol–water partition coefficient (Wildman–Crippen LogP) is 2.23. The number of likely N-dealkylation sites (tertiary alicyclic amines) is 2. The molecule has 3 rings (SSSR count). The van der Waals surface area contributed by atoms with Gasteiger partial charge >= 0.3 is 0 Å². The summed E-state index contributed by atoms with van der Waals surface area (Å²) in [6, 6.07) is 1.36. The summed E-state index contributed by atoms with van der Waals surface area (Å²) in [6.45, 7) is 2.22. The fourth-order valence-electron chi connectivity index (χ4n) is 3.51. The second-order valence-electron chi connectivity index (χ2n) is 6.31. The van der Waals surface area contributed by atoms with E-state index in [1.807, 2.05) is 9.80 Å². The summed E-state index contributed by atoms with van der Waals surface area (Å²) in [5.74, 6) is -0.436. The Hall–Kier alpha value is -1.98. The molecular formula is C17H22FN3O2. The van der Waals surface area contributed by atoms with Gasteiger partial charge in [0.05, 0.1) is 11.8 Å². The number of hydrogen-bond acceptors (Lipinski definition) is 3. The van der Waals surface area contributed by atoms with Crippen molar-refractivity contribution < 1.29 is 14.0 Å². The van der Waals surface area contributed by atoms with Crippen LogP contribution in [0.1, 0.15) is 48.9 Å². The largest absolute Gasteiger partial charge is 0.343 e. The number of aromatic nitrogens is 1. The maximum Gasteiger partial charge on any atom is 0.255 e. The number of amides is 2. The smallest absolute Gasteiger partial charge is 0.255 e. The molecule has 2 amide bonds. The van der Waals surface area contributed by atoms with Crippen LogP contribution in [0, 0.1) is 5.82 Å². The van der Waals surface area contributed by atoms with Gasteiger partial charge in [0.1, 0.15) is 5.82 Å². The average molecular weight is 319 g/mol. The van der Waals surface area contributed by atoms with E-state index in [-0.39, 0.29) is 17.9 Å². The fourth-order valence-corrected chi connectivity index (χ4v) is 3.51. The lowest BCUT2D eigenvalue weighted by molar-refractivity contribution is -0.127. The van der Waals surface area contributed by atoms with Gasteiger partial charge in [0.25, 0.3) is 5.91 Å². The van der Waals surface area contributed by atoms with Crippen LogP contribution in [0.2, 0.25) is 0 Å². The number of piperidine rings is 1. The number of pyridine rings is 1. The minimum Gasteiger partial charge on any atom is -0.343 e. The molecule has 2 saturated heterocycles. The zero-order valence-electron chi connectivity index (χ0n) is 13.2. The highest BCUT2D eigenvalue weighted by Gasteiger charge is 2.29. The monoisotopic (exact) mass is 319 g/mol. The zero-order valence-corrected chi connectivity index (χ0v) is 13.2. The van der Waals surface area contributed by atoms with E-state index in [0.29, 0.717) is 25.1 Å². The lowest BCUT2D eigenvalue weighted by Gasteiger charge is -2.36. The number of carbonyl (C=O) groups is 2. The standard InChI is InChI=1S/C17H22FN3O2/c18-14-10-13(11-19-12-14)17(23)21-8-2-1-4-15(21)6-9-20-7-3-5-16(20)22/h10-12,15H,1-9H2/t15-/m0/s1. The van der Waals surface area contributed by atoms with Crippen LogP contribution in [0.15, 0.2) is 18.5 Å². The second-order valence-corrected chi connectivity index (χ2v) is 6.31. The molecule has 0 bridgehead atoms. The van der Waals surface area contributed by atoms with Gasteiger partial charge in [0.2, 0.25) is 5.91 Å². The Morgan fingerprint density at radius 1 is 1.26 bits per heavy atom. The molecule has 0 radical (unpaired) electrons. The van der Waals surface area contributed by atoms with Gasteiger partial charge in [0.15, 0.2) is 0 Å². The molecule has 1 aromatic heterocycles. The average Bonchev–Trinajstić information content (AvgIpc) is 2.97. The van der Waals surface area contributed by atoms with Crippen molar-refractivity contribution in [3.63, 3.8) is 0 Å². The maximum atomic E-state index is 13.3. The summed E-state index contributed by atoms with van der Waals surface area (Å²) in [5.41, 5.74) is 0.300. The van der Waals surface area contributed by atoms with Crippen LogP contribution in [-0.2, 0) is 4.79 Å². The summed E-state index contributed by atoms with van der Waals surface area (Å²) >= 11 is 0. The van der Waals surface area contributed by atoms with Crippen molar-refractivity contribution in [1.82, 2.24) is 14.8 Å². The van der Waals surface area contributed by atoms with Crippen molar-refractivity contribution in [2.45, 2.75) is 44.6 Å². The van der Waals surface area contributed by atoms with Gasteiger partial charge < -0.3 is 9.80 Å². The Morgan fingerprint density at radius 2 is 2.13 bits per heavy atom. The Bertz CT molecular complexity index is 593. The minimum atomic E-state index is -0.493. The van der Waals surface area contributed by atoms with Crippen LogP contribution in [0.5, 0.6) is 0 Å². The minimum absolute atomic E-state index is 0.118. The first kappa shape index (κ1) is 15.9. The Morgan fingerprint density at radius 3 is 2.87 bits per heavy atom. The van der Waals surface area contributed by atoms with Crippen LogP contribution in [-0.4, -0.2) is 52.3 Å². The number of halogens is 1.